The molecule has 2 heterocycles. The zero-order valence-electron chi connectivity index (χ0n) is 13.7. The second kappa shape index (κ2) is 7.57. The molecule has 0 saturated carbocycles. The number of hydrogen-bond donors (Lipinski definition) is 1. The molecule has 0 atom stereocenters. The van der Waals surface area contributed by atoms with Crippen LogP contribution in [0.1, 0.15) is 46.7 Å². The van der Waals surface area contributed by atoms with Gasteiger partial charge in [0.1, 0.15) is 0 Å². The van der Waals surface area contributed by atoms with Crippen LogP contribution in [0, 0.1) is 0 Å². The van der Waals surface area contributed by atoms with Gasteiger partial charge in [-0.25, -0.2) is 4.98 Å². The van der Waals surface area contributed by atoms with E-state index >= 15 is 0 Å². The van der Waals surface area contributed by atoms with E-state index in [1.165, 1.54) is 6.92 Å². The topological polar surface area (TPSA) is 62.3 Å². The van der Waals surface area contributed by atoms with Crippen LogP contribution in [0.15, 0.2) is 35.7 Å². The zero-order chi connectivity index (χ0) is 16.9. The van der Waals surface area contributed by atoms with Gasteiger partial charge in [-0.3, -0.25) is 9.59 Å². The Morgan fingerprint density at radius 1 is 1.25 bits per heavy atom. The molecule has 0 spiro atoms. The van der Waals surface area contributed by atoms with Gasteiger partial charge in [0.25, 0.3) is 5.91 Å². The predicted molar refractivity (Wildman–Crippen MR) is 94.0 cm³/mol. The maximum absolute atomic E-state index is 12.5. The van der Waals surface area contributed by atoms with Crippen LogP contribution in [0.3, 0.4) is 0 Å². The summed E-state index contributed by atoms with van der Waals surface area (Å²) in [6.45, 7) is 3.52. The lowest BCUT2D eigenvalue weighted by atomic mass is 9.97. The second-order valence-corrected chi connectivity index (χ2v) is 6.91. The molecule has 1 saturated heterocycles. The summed E-state index contributed by atoms with van der Waals surface area (Å²) >= 11 is 1.65. The van der Waals surface area contributed by atoms with Gasteiger partial charge >= 0.3 is 0 Å². The number of aromatic nitrogens is 1. The van der Waals surface area contributed by atoms with Crippen LogP contribution in [0.2, 0.25) is 0 Å². The summed E-state index contributed by atoms with van der Waals surface area (Å²) in [5.41, 5.74) is 1.66. The number of nitrogens with one attached hydrogen (secondary N) is 1. The standard InChI is InChI=1S/C18H21N3O2S/c1-13(22)19-11-16-12-24-17(20-16)14-7-9-21(10-8-14)18(23)15-5-3-2-4-6-15/h2-6,12,14H,7-11H2,1H3,(H,19,22). The van der Waals surface area contributed by atoms with Gasteiger partial charge in [-0.05, 0) is 25.0 Å². The molecule has 1 aliphatic heterocycles. The largest absolute Gasteiger partial charge is 0.351 e. The van der Waals surface area contributed by atoms with Crippen LogP contribution in [0.4, 0.5) is 0 Å². The van der Waals surface area contributed by atoms with Crippen molar-refractivity contribution in [1.82, 2.24) is 15.2 Å². The van der Waals surface area contributed by atoms with Gasteiger partial charge in [0, 0.05) is 36.9 Å². The van der Waals surface area contributed by atoms with Crippen molar-refractivity contribution in [2.75, 3.05) is 13.1 Å². The molecule has 0 bridgehead atoms. The first-order valence-corrected chi connectivity index (χ1v) is 9.04. The molecule has 1 aromatic heterocycles. The molecule has 1 aromatic carbocycles. The first-order valence-electron chi connectivity index (χ1n) is 8.16. The van der Waals surface area contributed by atoms with Crippen LogP contribution in [0.25, 0.3) is 0 Å². The lowest BCUT2D eigenvalue weighted by Crippen LogP contribution is -2.37. The van der Waals surface area contributed by atoms with E-state index in [2.05, 4.69) is 10.3 Å². The molecule has 1 N–H and O–H groups in total. The monoisotopic (exact) mass is 343 g/mol. The fraction of sp³-hybridized carbons (Fsp3) is 0.389. The van der Waals surface area contributed by atoms with Gasteiger partial charge in [0.15, 0.2) is 0 Å². The normalized spacial score (nSPS) is 15.3. The van der Waals surface area contributed by atoms with Gasteiger partial charge < -0.3 is 10.2 Å². The summed E-state index contributed by atoms with van der Waals surface area (Å²) in [4.78, 5) is 30.0. The minimum absolute atomic E-state index is 0.0442. The van der Waals surface area contributed by atoms with Crippen LogP contribution in [-0.2, 0) is 11.3 Å². The summed E-state index contributed by atoms with van der Waals surface area (Å²) in [6, 6.07) is 9.44. The Kier molecular flexibility index (Phi) is 5.25. The number of carbonyl (C=O) groups excluding carboxylic acids is 2. The number of likely N-dealkylation sites (tertiary alicyclic amines) is 1. The molecule has 2 amide bonds. The molecule has 2 aromatic rings. The number of hydrogen-bond acceptors (Lipinski definition) is 4. The fourth-order valence-electron chi connectivity index (χ4n) is 2.90. The number of carbonyl (C=O) groups is 2. The summed E-state index contributed by atoms with van der Waals surface area (Å²) in [6.07, 6.45) is 1.87. The maximum atomic E-state index is 12.5. The molecule has 0 aliphatic carbocycles. The van der Waals surface area contributed by atoms with E-state index in [0.29, 0.717) is 12.5 Å². The lowest BCUT2D eigenvalue weighted by molar-refractivity contribution is -0.119. The average Bonchev–Trinajstić information content (AvgIpc) is 3.09. The average molecular weight is 343 g/mol. The van der Waals surface area contributed by atoms with Crippen LogP contribution < -0.4 is 5.32 Å². The molecule has 1 fully saturated rings. The SMILES string of the molecule is CC(=O)NCc1csc(C2CCN(C(=O)c3ccccc3)CC2)n1. The zero-order valence-corrected chi connectivity index (χ0v) is 14.5. The molecule has 0 unspecified atom stereocenters. The quantitative estimate of drug-likeness (QED) is 0.928. The molecular formula is C18H21N3O2S. The third-order valence-electron chi connectivity index (χ3n) is 4.24. The third-order valence-corrected chi connectivity index (χ3v) is 5.30. The van der Waals surface area contributed by atoms with Gasteiger partial charge in [-0.2, -0.15) is 0 Å². The number of piperidine rings is 1. The Morgan fingerprint density at radius 2 is 1.96 bits per heavy atom. The first-order chi connectivity index (χ1) is 11.6. The van der Waals surface area contributed by atoms with E-state index in [9.17, 15) is 9.59 Å². The van der Waals surface area contributed by atoms with E-state index in [1.807, 2.05) is 40.6 Å². The van der Waals surface area contributed by atoms with Crippen molar-refractivity contribution in [3.05, 3.63) is 52.0 Å². The Bertz CT molecular complexity index is 706. The Balaban J connectivity index is 1.55. The highest BCUT2D eigenvalue weighted by Gasteiger charge is 2.26. The molecule has 24 heavy (non-hydrogen) atoms. The molecule has 3 rings (SSSR count). The lowest BCUT2D eigenvalue weighted by Gasteiger charge is -2.31. The minimum atomic E-state index is -0.0442. The summed E-state index contributed by atoms with van der Waals surface area (Å²) in [5, 5.41) is 5.89. The van der Waals surface area contributed by atoms with Crippen molar-refractivity contribution in [1.29, 1.82) is 0 Å². The molecule has 5 nitrogen and oxygen atoms in total. The van der Waals surface area contributed by atoms with Gasteiger partial charge in [0.2, 0.25) is 5.91 Å². The van der Waals surface area contributed by atoms with Crippen LogP contribution in [-0.4, -0.2) is 34.8 Å². The van der Waals surface area contributed by atoms with Crippen molar-refractivity contribution >= 4 is 23.2 Å². The summed E-state index contributed by atoms with van der Waals surface area (Å²) < 4.78 is 0. The minimum Gasteiger partial charge on any atom is -0.351 e. The van der Waals surface area contributed by atoms with E-state index in [-0.39, 0.29) is 11.8 Å². The van der Waals surface area contributed by atoms with E-state index in [0.717, 1.165) is 42.2 Å². The molecule has 6 heteroatoms. The van der Waals surface area contributed by atoms with Gasteiger partial charge in [-0.1, -0.05) is 18.2 Å². The van der Waals surface area contributed by atoms with E-state index < -0.39 is 0 Å². The molecule has 1 aliphatic rings. The Morgan fingerprint density at radius 3 is 2.62 bits per heavy atom. The van der Waals surface area contributed by atoms with Crippen LogP contribution >= 0.6 is 11.3 Å². The maximum Gasteiger partial charge on any atom is 0.253 e. The number of rotatable bonds is 4. The van der Waals surface area contributed by atoms with Crippen molar-refractivity contribution in [2.45, 2.75) is 32.2 Å². The fourth-order valence-corrected chi connectivity index (χ4v) is 3.89. The smallest absolute Gasteiger partial charge is 0.253 e. The number of benzene rings is 1. The highest BCUT2D eigenvalue weighted by molar-refractivity contribution is 7.09. The number of nitrogens with zero attached hydrogens (tertiary/aromatic N) is 2. The highest BCUT2D eigenvalue weighted by atomic mass is 32.1. The van der Waals surface area contributed by atoms with Crippen LogP contribution in [0.5, 0.6) is 0 Å². The Hall–Kier alpha value is -2.21. The van der Waals surface area contributed by atoms with Crippen molar-refractivity contribution in [3.63, 3.8) is 0 Å². The first kappa shape index (κ1) is 16.6. The van der Waals surface area contributed by atoms with Gasteiger partial charge in [-0.15, -0.1) is 11.3 Å². The third kappa shape index (κ3) is 4.00. The molecular weight excluding hydrogens is 322 g/mol. The van der Waals surface area contributed by atoms with E-state index in [4.69, 9.17) is 0 Å². The van der Waals surface area contributed by atoms with Gasteiger partial charge in [0.05, 0.1) is 17.2 Å². The molecule has 0 radical (unpaired) electrons. The Labute approximate surface area is 145 Å². The summed E-state index contributed by atoms with van der Waals surface area (Å²) in [7, 11) is 0. The number of amides is 2. The van der Waals surface area contributed by atoms with Crippen molar-refractivity contribution in [3.8, 4) is 0 Å². The highest BCUT2D eigenvalue weighted by Crippen LogP contribution is 2.30. The number of thiazole rings is 1. The van der Waals surface area contributed by atoms with E-state index in [1.54, 1.807) is 11.3 Å². The van der Waals surface area contributed by atoms with Crippen molar-refractivity contribution < 1.29 is 9.59 Å². The summed E-state index contributed by atoms with van der Waals surface area (Å²) in [5.74, 6) is 0.470. The predicted octanol–water partition coefficient (Wildman–Crippen LogP) is 2.80. The molecule has 126 valence electrons. The van der Waals surface area contributed by atoms with Crippen molar-refractivity contribution in [2.24, 2.45) is 0 Å². The second-order valence-electron chi connectivity index (χ2n) is 6.02.